The van der Waals surface area contributed by atoms with Gasteiger partial charge in [-0.15, -0.1) is 6.42 Å². The van der Waals surface area contributed by atoms with Crippen molar-refractivity contribution >= 4 is 23.9 Å². The first-order chi connectivity index (χ1) is 25.3. The van der Waals surface area contributed by atoms with E-state index in [1.54, 1.807) is 23.4 Å². The molecule has 1 aliphatic heterocycles. The molecule has 2 N–H and O–H groups in total. The molecule has 1 fully saturated rings. The van der Waals surface area contributed by atoms with Crippen LogP contribution in [0, 0.1) is 12.3 Å². The molecule has 2 heterocycles. The van der Waals surface area contributed by atoms with E-state index < -0.39 is 30.2 Å². The van der Waals surface area contributed by atoms with Gasteiger partial charge in [0, 0.05) is 26.1 Å². The summed E-state index contributed by atoms with van der Waals surface area (Å²) in [5.74, 6) is 1.94. The van der Waals surface area contributed by atoms with Crippen LogP contribution in [0.2, 0.25) is 0 Å². The van der Waals surface area contributed by atoms with E-state index in [4.69, 9.17) is 15.9 Å². The van der Waals surface area contributed by atoms with Gasteiger partial charge in [-0.05, 0) is 64.9 Å². The van der Waals surface area contributed by atoms with Gasteiger partial charge in [-0.25, -0.2) is 9.48 Å². The number of ether oxygens (including phenoxy) is 2. The largest absolute Gasteiger partial charge is 0.448 e. The molecule has 6 rings (SSSR count). The lowest BCUT2D eigenvalue weighted by molar-refractivity contribution is -0.142. The van der Waals surface area contributed by atoms with Gasteiger partial charge in [-0.3, -0.25) is 14.5 Å². The van der Waals surface area contributed by atoms with Crippen LogP contribution in [0.4, 0.5) is 10.7 Å². The predicted molar refractivity (Wildman–Crippen MR) is 195 cm³/mol. The molecular weight excluding hydrogens is 660 g/mol. The Balaban J connectivity index is 1.09. The van der Waals surface area contributed by atoms with Crippen LogP contribution in [0.3, 0.4) is 0 Å². The zero-order chi connectivity index (χ0) is 36.6. The van der Waals surface area contributed by atoms with E-state index in [9.17, 15) is 14.4 Å². The SMILES string of the molecule is C#CCO[C@H](C)C(NC(=O)[C@H](C)N(C)C(=O)OCC1c2ccccc2-c2ccccc21)C(=O)N1CCC[C@H]1Cn1nnnc1NCc1ccccc1. The maximum atomic E-state index is 14.2. The number of hydrogen-bond acceptors (Lipinski definition) is 9. The fourth-order valence-corrected chi connectivity index (χ4v) is 6.88. The Morgan fingerprint density at radius 2 is 1.67 bits per heavy atom. The molecule has 1 unspecified atom stereocenters. The van der Waals surface area contributed by atoms with Gasteiger partial charge in [0.2, 0.25) is 17.8 Å². The number of likely N-dealkylation sites (tertiary alicyclic amines) is 1. The van der Waals surface area contributed by atoms with Crippen molar-refractivity contribution in [3.8, 4) is 23.5 Å². The normalized spacial score (nSPS) is 16.6. The highest BCUT2D eigenvalue weighted by Crippen LogP contribution is 2.44. The van der Waals surface area contributed by atoms with E-state index in [2.05, 4.69) is 44.2 Å². The van der Waals surface area contributed by atoms with Crippen molar-refractivity contribution in [3.63, 3.8) is 0 Å². The maximum absolute atomic E-state index is 14.2. The molecule has 0 spiro atoms. The summed E-state index contributed by atoms with van der Waals surface area (Å²) in [4.78, 5) is 44.2. The minimum Gasteiger partial charge on any atom is -0.448 e. The first-order valence-electron chi connectivity index (χ1n) is 17.5. The molecule has 4 aromatic rings. The van der Waals surface area contributed by atoms with Crippen LogP contribution >= 0.6 is 0 Å². The van der Waals surface area contributed by atoms with Gasteiger partial charge in [-0.1, -0.05) is 89.9 Å². The number of rotatable bonds is 14. The van der Waals surface area contributed by atoms with Crippen LogP contribution < -0.4 is 10.6 Å². The van der Waals surface area contributed by atoms with E-state index in [0.717, 1.165) is 40.7 Å². The van der Waals surface area contributed by atoms with Crippen LogP contribution in [0.15, 0.2) is 78.9 Å². The number of benzene rings is 3. The van der Waals surface area contributed by atoms with Crippen LogP contribution in [-0.4, -0.2) is 99.0 Å². The molecule has 0 bridgehead atoms. The molecule has 13 heteroatoms. The van der Waals surface area contributed by atoms with Gasteiger partial charge in [-0.2, -0.15) is 0 Å². The minimum absolute atomic E-state index is 0.0411. The van der Waals surface area contributed by atoms with Crippen molar-refractivity contribution in [3.05, 3.63) is 95.6 Å². The Morgan fingerprint density at radius 3 is 2.37 bits per heavy atom. The molecule has 1 aliphatic carbocycles. The topological polar surface area (TPSA) is 144 Å². The highest BCUT2D eigenvalue weighted by atomic mass is 16.6. The molecule has 2 aliphatic rings. The molecule has 52 heavy (non-hydrogen) atoms. The van der Waals surface area contributed by atoms with Crippen molar-refractivity contribution in [1.82, 2.24) is 35.3 Å². The van der Waals surface area contributed by atoms with Crippen molar-refractivity contribution in [2.45, 2.75) is 69.9 Å². The number of aromatic nitrogens is 4. The maximum Gasteiger partial charge on any atom is 0.410 e. The number of likely N-dealkylation sites (N-methyl/N-ethyl adjacent to an activating group) is 1. The minimum atomic E-state index is -1.07. The number of carbonyl (C=O) groups is 3. The van der Waals surface area contributed by atoms with Crippen molar-refractivity contribution in [1.29, 1.82) is 0 Å². The third-order valence-corrected chi connectivity index (χ3v) is 9.92. The first-order valence-corrected chi connectivity index (χ1v) is 17.5. The van der Waals surface area contributed by atoms with Gasteiger partial charge in [0.25, 0.3) is 0 Å². The molecule has 0 saturated carbocycles. The second-order valence-electron chi connectivity index (χ2n) is 13.1. The van der Waals surface area contributed by atoms with E-state index in [0.29, 0.717) is 25.6 Å². The van der Waals surface area contributed by atoms with Gasteiger partial charge in [0.15, 0.2) is 0 Å². The Kier molecular flexibility index (Phi) is 11.5. The van der Waals surface area contributed by atoms with Crippen LogP contribution in [0.5, 0.6) is 0 Å². The van der Waals surface area contributed by atoms with E-state index in [1.807, 2.05) is 66.7 Å². The highest BCUT2D eigenvalue weighted by Gasteiger charge is 2.39. The number of fused-ring (bicyclic) bond motifs is 3. The Labute approximate surface area is 303 Å². The molecule has 1 aromatic heterocycles. The number of nitrogens with one attached hydrogen (secondary N) is 2. The standard InChI is InChI=1S/C39H44N8O5/c1-5-22-51-27(3)35(37(49)46-21-13-16-29(46)24-47-38(42-43-44-47)40-23-28-14-7-6-8-15-28)41-36(48)26(2)45(4)39(50)52-25-34-32-19-11-9-17-30(32)31-18-10-12-20-33(31)34/h1,6-12,14-15,17-20,26-27,29,34-35H,13,16,21-25H2,2-4H3,(H,41,48)(H,40,42,44)/t26-,27+,29-,35?/m0/s1. The third kappa shape index (κ3) is 7.92. The van der Waals surface area contributed by atoms with Gasteiger partial charge < -0.3 is 25.0 Å². The number of amides is 3. The molecule has 4 atom stereocenters. The average molecular weight is 705 g/mol. The number of carbonyl (C=O) groups excluding carboxylic acids is 3. The fraction of sp³-hybridized carbons (Fsp3) is 0.385. The summed E-state index contributed by atoms with van der Waals surface area (Å²) in [6.07, 6.45) is 5.55. The first kappa shape index (κ1) is 36.1. The zero-order valence-corrected chi connectivity index (χ0v) is 29.6. The Bertz CT molecular complexity index is 1860. The second-order valence-corrected chi connectivity index (χ2v) is 13.1. The molecule has 0 radical (unpaired) electrons. The molecule has 3 amide bonds. The lowest BCUT2D eigenvalue weighted by Gasteiger charge is -2.33. The molecular formula is C39H44N8O5. The van der Waals surface area contributed by atoms with Gasteiger partial charge in [0.1, 0.15) is 25.3 Å². The van der Waals surface area contributed by atoms with Crippen molar-refractivity contribution < 1.29 is 23.9 Å². The van der Waals surface area contributed by atoms with Crippen molar-refractivity contribution in [2.24, 2.45) is 0 Å². The smallest absolute Gasteiger partial charge is 0.410 e. The fourth-order valence-electron chi connectivity index (χ4n) is 6.88. The lowest BCUT2D eigenvalue weighted by Crippen LogP contribution is -2.58. The summed E-state index contributed by atoms with van der Waals surface area (Å²) in [7, 11) is 1.50. The summed E-state index contributed by atoms with van der Waals surface area (Å²) in [5.41, 5.74) is 5.50. The summed E-state index contributed by atoms with van der Waals surface area (Å²) in [6, 6.07) is 23.8. The summed E-state index contributed by atoms with van der Waals surface area (Å²) >= 11 is 0. The lowest BCUT2D eigenvalue weighted by atomic mass is 9.98. The summed E-state index contributed by atoms with van der Waals surface area (Å²) in [6.45, 7) is 4.74. The number of terminal acetylenes is 1. The predicted octanol–water partition coefficient (Wildman–Crippen LogP) is 4.07. The quantitative estimate of drug-likeness (QED) is 0.186. The Hall–Kier alpha value is -5.74. The van der Waals surface area contributed by atoms with Gasteiger partial charge >= 0.3 is 6.09 Å². The van der Waals surface area contributed by atoms with Crippen LogP contribution in [0.1, 0.15) is 49.3 Å². The molecule has 270 valence electrons. The number of nitrogens with zero attached hydrogens (tertiary/aromatic N) is 6. The zero-order valence-electron chi connectivity index (χ0n) is 29.6. The van der Waals surface area contributed by atoms with E-state index in [1.165, 1.54) is 11.9 Å². The monoisotopic (exact) mass is 704 g/mol. The number of hydrogen-bond donors (Lipinski definition) is 2. The number of tetrazole rings is 1. The highest BCUT2D eigenvalue weighted by molar-refractivity contribution is 5.91. The summed E-state index contributed by atoms with van der Waals surface area (Å²) < 4.78 is 13.2. The number of anilines is 1. The molecule has 3 aromatic carbocycles. The van der Waals surface area contributed by atoms with E-state index >= 15 is 0 Å². The third-order valence-electron chi connectivity index (χ3n) is 9.92. The Morgan fingerprint density at radius 1 is 1.00 bits per heavy atom. The summed E-state index contributed by atoms with van der Waals surface area (Å²) in [5, 5.41) is 18.3. The van der Waals surface area contributed by atoms with Crippen molar-refractivity contribution in [2.75, 3.05) is 32.1 Å². The van der Waals surface area contributed by atoms with Crippen LogP contribution in [0.25, 0.3) is 11.1 Å². The van der Waals surface area contributed by atoms with Crippen LogP contribution in [-0.2, 0) is 32.2 Å². The van der Waals surface area contributed by atoms with Gasteiger partial charge in [0.05, 0.1) is 18.7 Å². The average Bonchev–Trinajstić information content (AvgIpc) is 3.91. The van der Waals surface area contributed by atoms with E-state index in [-0.39, 0.29) is 31.1 Å². The second kappa shape index (κ2) is 16.5. The molecule has 13 nitrogen and oxygen atoms in total. The molecule has 1 saturated heterocycles.